The van der Waals surface area contributed by atoms with Crippen LogP contribution in [0.25, 0.3) is 0 Å². The number of carbonyl (C=O) groups is 4. The first-order chi connectivity index (χ1) is 17.0. The van der Waals surface area contributed by atoms with Crippen molar-refractivity contribution in [2.45, 2.75) is 70.6 Å². The highest BCUT2D eigenvalue weighted by Gasteiger charge is 2.29. The Hall–Kier alpha value is -3.67. The summed E-state index contributed by atoms with van der Waals surface area (Å²) in [6.45, 7) is 5.41. The molecule has 0 aromatic heterocycles. The molecule has 1 aromatic rings. The molecule has 12 nitrogen and oxygen atoms in total. The smallest absolute Gasteiger partial charge is 0.326 e. The summed E-state index contributed by atoms with van der Waals surface area (Å²) in [5.41, 5.74) is 17.4. The molecule has 0 radical (unpaired) electrons. The molecular weight excluding hydrogens is 466 g/mol. The van der Waals surface area contributed by atoms with Gasteiger partial charge in [0.05, 0.1) is 6.04 Å². The molecule has 0 saturated heterocycles. The largest absolute Gasteiger partial charge is 0.480 e. The SMILES string of the molecule is CCC(C)C(N)C(=O)NC(CCCN=C(N)N)C(=O)NC(C)C(=O)NC(Cc1ccccc1)C(=O)O. The van der Waals surface area contributed by atoms with Crippen LogP contribution in [0.3, 0.4) is 0 Å². The molecule has 3 amide bonds. The summed E-state index contributed by atoms with van der Waals surface area (Å²) < 4.78 is 0. The Labute approximate surface area is 211 Å². The summed E-state index contributed by atoms with van der Waals surface area (Å²) in [6, 6.07) is 4.83. The summed E-state index contributed by atoms with van der Waals surface area (Å²) in [5.74, 6) is -3.16. The molecule has 12 heteroatoms. The lowest BCUT2D eigenvalue weighted by Gasteiger charge is -2.25. The molecule has 0 aliphatic carbocycles. The van der Waals surface area contributed by atoms with Crippen LogP contribution in [0.15, 0.2) is 35.3 Å². The quantitative estimate of drug-likeness (QED) is 0.0908. The second kappa shape index (κ2) is 15.4. The molecule has 36 heavy (non-hydrogen) atoms. The number of guanidine groups is 1. The predicted octanol–water partition coefficient (Wildman–Crippen LogP) is -0.785. The zero-order valence-corrected chi connectivity index (χ0v) is 21.1. The Bertz CT molecular complexity index is 905. The van der Waals surface area contributed by atoms with Crippen molar-refractivity contribution >= 4 is 29.7 Å². The van der Waals surface area contributed by atoms with Gasteiger partial charge in [0.15, 0.2) is 5.96 Å². The molecule has 10 N–H and O–H groups in total. The average molecular weight is 506 g/mol. The van der Waals surface area contributed by atoms with Crippen LogP contribution < -0.4 is 33.2 Å². The monoisotopic (exact) mass is 505 g/mol. The first-order valence-corrected chi connectivity index (χ1v) is 11.9. The zero-order valence-electron chi connectivity index (χ0n) is 21.1. The van der Waals surface area contributed by atoms with Gasteiger partial charge in [0, 0.05) is 13.0 Å². The van der Waals surface area contributed by atoms with Crippen LogP contribution in [0.2, 0.25) is 0 Å². The van der Waals surface area contributed by atoms with E-state index in [-0.39, 0.29) is 31.3 Å². The van der Waals surface area contributed by atoms with Crippen LogP contribution >= 0.6 is 0 Å². The Kier molecular flexibility index (Phi) is 12.9. The molecule has 0 aliphatic rings. The molecule has 200 valence electrons. The van der Waals surface area contributed by atoms with Gasteiger partial charge in [-0.05, 0) is 31.2 Å². The van der Waals surface area contributed by atoms with Crippen LogP contribution in [-0.2, 0) is 25.6 Å². The zero-order chi connectivity index (χ0) is 27.3. The lowest BCUT2D eigenvalue weighted by atomic mass is 9.98. The first-order valence-electron chi connectivity index (χ1n) is 11.9. The van der Waals surface area contributed by atoms with Crippen LogP contribution in [0, 0.1) is 5.92 Å². The molecule has 0 heterocycles. The Morgan fingerprint density at radius 2 is 1.56 bits per heavy atom. The maximum absolute atomic E-state index is 12.9. The van der Waals surface area contributed by atoms with Crippen molar-refractivity contribution in [3.63, 3.8) is 0 Å². The number of carboxylic acids is 1. The van der Waals surface area contributed by atoms with E-state index in [4.69, 9.17) is 17.2 Å². The van der Waals surface area contributed by atoms with Crippen molar-refractivity contribution in [1.29, 1.82) is 0 Å². The highest BCUT2D eigenvalue weighted by Crippen LogP contribution is 2.08. The summed E-state index contributed by atoms with van der Waals surface area (Å²) >= 11 is 0. The van der Waals surface area contributed by atoms with Crippen molar-refractivity contribution in [1.82, 2.24) is 16.0 Å². The molecule has 0 saturated carbocycles. The van der Waals surface area contributed by atoms with Gasteiger partial charge < -0.3 is 38.3 Å². The van der Waals surface area contributed by atoms with E-state index in [0.717, 1.165) is 5.56 Å². The molecule has 1 aromatic carbocycles. The highest BCUT2D eigenvalue weighted by molar-refractivity contribution is 5.94. The molecule has 0 aliphatic heterocycles. The third-order valence-electron chi connectivity index (χ3n) is 5.79. The van der Waals surface area contributed by atoms with Gasteiger partial charge in [0.25, 0.3) is 0 Å². The number of hydrogen-bond donors (Lipinski definition) is 7. The number of aliphatic carboxylic acids is 1. The maximum Gasteiger partial charge on any atom is 0.326 e. The number of hydrogen-bond acceptors (Lipinski definition) is 6. The second-order valence-corrected chi connectivity index (χ2v) is 8.74. The van der Waals surface area contributed by atoms with E-state index in [1.165, 1.54) is 6.92 Å². The minimum absolute atomic E-state index is 0.0829. The van der Waals surface area contributed by atoms with E-state index in [2.05, 4.69) is 20.9 Å². The maximum atomic E-state index is 12.9. The van der Waals surface area contributed by atoms with Crippen LogP contribution in [0.5, 0.6) is 0 Å². The van der Waals surface area contributed by atoms with E-state index in [0.29, 0.717) is 12.8 Å². The minimum Gasteiger partial charge on any atom is -0.480 e. The molecule has 5 unspecified atom stereocenters. The van der Waals surface area contributed by atoms with E-state index in [9.17, 15) is 24.3 Å². The lowest BCUT2D eigenvalue weighted by Crippen LogP contribution is -2.57. The number of nitrogens with zero attached hydrogens (tertiary/aromatic N) is 1. The normalized spacial score (nSPS) is 14.9. The fraction of sp³-hybridized carbons (Fsp3) is 0.542. The second-order valence-electron chi connectivity index (χ2n) is 8.74. The van der Waals surface area contributed by atoms with Crippen molar-refractivity contribution in [2.24, 2.45) is 28.1 Å². The molecule has 0 spiro atoms. The number of nitrogens with one attached hydrogen (secondary N) is 3. The third-order valence-corrected chi connectivity index (χ3v) is 5.79. The van der Waals surface area contributed by atoms with E-state index in [1.54, 1.807) is 30.3 Å². The van der Waals surface area contributed by atoms with Gasteiger partial charge in [-0.2, -0.15) is 0 Å². The summed E-state index contributed by atoms with van der Waals surface area (Å²) in [4.78, 5) is 53.7. The Morgan fingerprint density at radius 3 is 2.11 bits per heavy atom. The van der Waals surface area contributed by atoms with Gasteiger partial charge in [-0.3, -0.25) is 19.4 Å². The van der Waals surface area contributed by atoms with Crippen LogP contribution in [0.4, 0.5) is 0 Å². The lowest BCUT2D eigenvalue weighted by molar-refractivity contribution is -0.142. The number of benzene rings is 1. The van der Waals surface area contributed by atoms with Gasteiger partial charge in [-0.15, -0.1) is 0 Å². The average Bonchev–Trinajstić information content (AvgIpc) is 2.84. The first kappa shape index (κ1) is 30.4. The van der Waals surface area contributed by atoms with Gasteiger partial charge in [0.2, 0.25) is 17.7 Å². The number of nitrogens with two attached hydrogens (primary N) is 3. The van der Waals surface area contributed by atoms with Crippen LogP contribution in [0.1, 0.15) is 45.6 Å². The topological polar surface area (TPSA) is 215 Å². The number of aliphatic imine (C=N–C) groups is 1. The minimum atomic E-state index is -1.20. The van der Waals surface area contributed by atoms with Crippen molar-refractivity contribution in [2.75, 3.05) is 6.54 Å². The fourth-order valence-corrected chi connectivity index (χ4v) is 3.28. The third kappa shape index (κ3) is 10.7. The van der Waals surface area contributed by atoms with Crippen molar-refractivity contribution in [3.8, 4) is 0 Å². The standard InChI is InChI=1S/C24H39N7O5/c1-4-14(2)19(25)22(34)30-17(11-8-12-28-24(26)27)21(33)29-15(3)20(32)31-18(23(35)36)13-16-9-6-5-7-10-16/h5-7,9-10,14-15,17-19H,4,8,11-13,25H2,1-3H3,(H,29,33)(H,30,34)(H,31,32)(H,35,36)(H4,26,27,28). The molecule has 0 bridgehead atoms. The fourth-order valence-electron chi connectivity index (χ4n) is 3.28. The van der Waals surface area contributed by atoms with Gasteiger partial charge in [-0.1, -0.05) is 50.6 Å². The van der Waals surface area contributed by atoms with E-state index >= 15 is 0 Å². The van der Waals surface area contributed by atoms with Gasteiger partial charge >= 0.3 is 5.97 Å². The molecule has 5 atom stereocenters. The summed E-state index contributed by atoms with van der Waals surface area (Å²) in [6.07, 6.45) is 1.34. The summed E-state index contributed by atoms with van der Waals surface area (Å²) in [5, 5.41) is 17.2. The highest BCUT2D eigenvalue weighted by atomic mass is 16.4. The molecular formula is C24H39N7O5. The van der Waals surface area contributed by atoms with Gasteiger partial charge in [-0.25, -0.2) is 4.79 Å². The number of rotatable bonds is 15. The van der Waals surface area contributed by atoms with Gasteiger partial charge in [0.1, 0.15) is 18.1 Å². The number of carbonyl (C=O) groups excluding carboxylic acids is 3. The Balaban J connectivity index is 2.84. The van der Waals surface area contributed by atoms with E-state index in [1.807, 2.05) is 13.8 Å². The molecule has 1 rings (SSSR count). The van der Waals surface area contributed by atoms with Crippen molar-refractivity contribution in [3.05, 3.63) is 35.9 Å². The van der Waals surface area contributed by atoms with Crippen molar-refractivity contribution < 1.29 is 24.3 Å². The predicted molar refractivity (Wildman–Crippen MR) is 137 cm³/mol. The number of amides is 3. The Morgan fingerprint density at radius 1 is 0.944 bits per heavy atom. The van der Waals surface area contributed by atoms with Crippen LogP contribution in [-0.4, -0.2) is 65.5 Å². The summed E-state index contributed by atoms with van der Waals surface area (Å²) in [7, 11) is 0. The molecule has 0 fully saturated rings. The number of carboxylic acid groups (broad SMARTS) is 1. The van der Waals surface area contributed by atoms with E-state index < -0.39 is 47.9 Å².